The zero-order chi connectivity index (χ0) is 22.7. The van der Waals surface area contributed by atoms with Gasteiger partial charge in [0.1, 0.15) is 0 Å². The van der Waals surface area contributed by atoms with Crippen molar-refractivity contribution >= 4 is 23.2 Å². The first-order chi connectivity index (χ1) is 15.5. The van der Waals surface area contributed by atoms with E-state index >= 15 is 0 Å². The molecular formula is C25H27N3O3S. The first kappa shape index (κ1) is 22.2. The number of methoxy groups -OCH3 is 1. The monoisotopic (exact) mass is 449 g/mol. The number of nitrogens with zero attached hydrogens (tertiary/aromatic N) is 2. The zero-order valence-electron chi connectivity index (χ0n) is 18.6. The molecule has 0 radical (unpaired) electrons. The molecule has 32 heavy (non-hydrogen) atoms. The normalized spacial score (nSPS) is 14.0. The number of hydrogen-bond acceptors (Lipinski definition) is 5. The summed E-state index contributed by atoms with van der Waals surface area (Å²) in [6, 6.07) is 13.4. The summed E-state index contributed by atoms with van der Waals surface area (Å²) in [5.41, 5.74) is 5.00. The molecule has 0 saturated heterocycles. The van der Waals surface area contributed by atoms with Gasteiger partial charge >= 0.3 is 0 Å². The Hall–Kier alpha value is -3.03. The van der Waals surface area contributed by atoms with Crippen LogP contribution >= 0.6 is 11.3 Å². The molecule has 166 valence electrons. The number of benzene rings is 1. The summed E-state index contributed by atoms with van der Waals surface area (Å²) in [5.74, 6) is -0.119. The van der Waals surface area contributed by atoms with E-state index in [2.05, 4.69) is 10.3 Å². The van der Waals surface area contributed by atoms with Crippen molar-refractivity contribution in [3.63, 3.8) is 0 Å². The molecule has 0 aliphatic carbocycles. The first-order valence-corrected chi connectivity index (χ1v) is 11.5. The molecule has 1 aromatic carbocycles. The van der Waals surface area contributed by atoms with Crippen molar-refractivity contribution in [2.24, 2.45) is 0 Å². The van der Waals surface area contributed by atoms with Crippen LogP contribution in [0.4, 0.5) is 0 Å². The average Bonchev–Trinajstić information content (AvgIpc) is 3.25. The van der Waals surface area contributed by atoms with Crippen LogP contribution in [-0.4, -0.2) is 35.4 Å². The van der Waals surface area contributed by atoms with Crippen LogP contribution in [0.25, 0.3) is 0 Å². The summed E-state index contributed by atoms with van der Waals surface area (Å²) in [5, 5.41) is 3.03. The lowest BCUT2D eigenvalue weighted by Gasteiger charge is -2.32. The fourth-order valence-electron chi connectivity index (χ4n) is 4.13. The Bertz CT molecular complexity index is 1130. The second-order valence-corrected chi connectivity index (χ2v) is 9.24. The summed E-state index contributed by atoms with van der Waals surface area (Å²) in [7, 11) is 1.56. The molecule has 0 bridgehead atoms. The Labute approximate surface area is 192 Å². The molecule has 0 saturated carbocycles. The van der Waals surface area contributed by atoms with Crippen molar-refractivity contribution in [3.05, 3.63) is 86.4 Å². The van der Waals surface area contributed by atoms with E-state index in [0.29, 0.717) is 24.5 Å². The third-order valence-electron chi connectivity index (χ3n) is 5.86. The number of pyridine rings is 1. The van der Waals surface area contributed by atoms with Gasteiger partial charge in [0, 0.05) is 43.5 Å². The molecule has 2 aromatic heterocycles. The van der Waals surface area contributed by atoms with Crippen molar-refractivity contribution in [3.8, 4) is 0 Å². The van der Waals surface area contributed by atoms with E-state index in [1.165, 1.54) is 16.9 Å². The molecule has 1 aliphatic heterocycles. The van der Waals surface area contributed by atoms with E-state index in [1.807, 2.05) is 67.4 Å². The summed E-state index contributed by atoms with van der Waals surface area (Å²) in [4.78, 5) is 33.9. The Morgan fingerprint density at radius 1 is 1.19 bits per heavy atom. The number of thiophene rings is 1. The fourth-order valence-corrected chi connectivity index (χ4v) is 4.91. The van der Waals surface area contributed by atoms with Gasteiger partial charge in [0.2, 0.25) is 0 Å². The smallest absolute Gasteiger partial charge is 0.261 e. The predicted octanol–water partition coefficient (Wildman–Crippen LogP) is 3.96. The highest BCUT2D eigenvalue weighted by atomic mass is 32.1. The SMILES string of the molecule is CO[C@H](C(=O)N1CCc2c(cnc(C)c2CNC(=O)c2ccc(C)s2)C1)c1ccccc1. The van der Waals surface area contributed by atoms with Crippen LogP contribution in [0.5, 0.6) is 0 Å². The maximum atomic E-state index is 13.2. The molecule has 1 atom stereocenters. The number of rotatable bonds is 6. The topological polar surface area (TPSA) is 71.5 Å². The minimum absolute atomic E-state index is 0.0483. The predicted molar refractivity (Wildman–Crippen MR) is 125 cm³/mol. The van der Waals surface area contributed by atoms with Gasteiger partial charge in [-0.2, -0.15) is 0 Å². The molecular weight excluding hydrogens is 422 g/mol. The number of ether oxygens (including phenoxy) is 1. The molecule has 1 aliphatic rings. The van der Waals surface area contributed by atoms with Crippen LogP contribution in [0.1, 0.15) is 48.6 Å². The summed E-state index contributed by atoms with van der Waals surface area (Å²) in [6.45, 7) is 5.47. The standard InChI is InChI=1S/C25H27N3O3S/c1-16-9-10-22(32-16)24(29)27-14-21-17(2)26-13-19-15-28(12-11-20(19)21)25(30)23(31-3)18-7-5-4-6-8-18/h4-10,13,23H,11-12,14-15H2,1-3H3,(H,27,29)/t23-/m0/s1. The summed E-state index contributed by atoms with van der Waals surface area (Å²) in [6.07, 6.45) is 1.95. The number of aromatic nitrogens is 1. The number of carbonyl (C=O) groups excluding carboxylic acids is 2. The third-order valence-corrected chi connectivity index (χ3v) is 6.86. The van der Waals surface area contributed by atoms with Crippen molar-refractivity contribution < 1.29 is 14.3 Å². The molecule has 7 heteroatoms. The van der Waals surface area contributed by atoms with Crippen LogP contribution in [0, 0.1) is 13.8 Å². The second kappa shape index (κ2) is 9.63. The van der Waals surface area contributed by atoms with E-state index in [9.17, 15) is 9.59 Å². The van der Waals surface area contributed by atoms with Crippen LogP contribution in [0.15, 0.2) is 48.7 Å². The quantitative estimate of drug-likeness (QED) is 0.618. The number of fused-ring (bicyclic) bond motifs is 1. The fraction of sp³-hybridized carbons (Fsp3) is 0.320. The van der Waals surface area contributed by atoms with Crippen molar-refractivity contribution in [2.45, 2.75) is 39.5 Å². The molecule has 3 heterocycles. The van der Waals surface area contributed by atoms with Gasteiger partial charge in [-0.1, -0.05) is 30.3 Å². The number of aryl methyl sites for hydroxylation is 2. The zero-order valence-corrected chi connectivity index (χ0v) is 19.4. The minimum Gasteiger partial charge on any atom is -0.367 e. The van der Waals surface area contributed by atoms with Gasteiger partial charge in [0.15, 0.2) is 6.10 Å². The molecule has 0 spiro atoms. The Morgan fingerprint density at radius 3 is 2.66 bits per heavy atom. The second-order valence-electron chi connectivity index (χ2n) is 7.96. The Balaban J connectivity index is 1.49. The van der Waals surface area contributed by atoms with Gasteiger partial charge in [0.25, 0.3) is 11.8 Å². The van der Waals surface area contributed by atoms with Crippen molar-refractivity contribution in [2.75, 3.05) is 13.7 Å². The van der Waals surface area contributed by atoms with Crippen LogP contribution in [0.2, 0.25) is 0 Å². The van der Waals surface area contributed by atoms with Crippen LogP contribution in [-0.2, 0) is 29.0 Å². The highest BCUT2D eigenvalue weighted by Gasteiger charge is 2.29. The summed E-state index contributed by atoms with van der Waals surface area (Å²) < 4.78 is 5.54. The van der Waals surface area contributed by atoms with E-state index in [-0.39, 0.29) is 11.8 Å². The summed E-state index contributed by atoms with van der Waals surface area (Å²) >= 11 is 1.49. The highest BCUT2D eigenvalue weighted by molar-refractivity contribution is 7.13. The number of carbonyl (C=O) groups is 2. The highest BCUT2D eigenvalue weighted by Crippen LogP contribution is 2.27. The Kier molecular flexibility index (Phi) is 6.67. The lowest BCUT2D eigenvalue weighted by Crippen LogP contribution is -2.40. The van der Waals surface area contributed by atoms with Gasteiger partial charge in [-0.15, -0.1) is 11.3 Å². The van der Waals surface area contributed by atoms with Crippen molar-refractivity contribution in [1.82, 2.24) is 15.2 Å². The lowest BCUT2D eigenvalue weighted by atomic mass is 9.94. The van der Waals surface area contributed by atoms with Gasteiger partial charge in [-0.05, 0) is 54.7 Å². The van der Waals surface area contributed by atoms with E-state index in [4.69, 9.17) is 4.74 Å². The minimum atomic E-state index is -0.621. The lowest BCUT2D eigenvalue weighted by molar-refractivity contribution is -0.143. The number of amides is 2. The van der Waals surface area contributed by atoms with Crippen LogP contribution in [0.3, 0.4) is 0 Å². The average molecular weight is 450 g/mol. The maximum Gasteiger partial charge on any atom is 0.261 e. The van der Waals surface area contributed by atoms with E-state index < -0.39 is 6.10 Å². The molecule has 2 amide bonds. The van der Waals surface area contributed by atoms with Gasteiger partial charge in [0.05, 0.1) is 4.88 Å². The largest absolute Gasteiger partial charge is 0.367 e. The maximum absolute atomic E-state index is 13.2. The molecule has 0 fully saturated rings. The molecule has 6 nitrogen and oxygen atoms in total. The number of nitrogens with one attached hydrogen (secondary N) is 1. The van der Waals surface area contributed by atoms with E-state index in [0.717, 1.165) is 33.7 Å². The third kappa shape index (κ3) is 4.59. The Morgan fingerprint density at radius 2 is 1.97 bits per heavy atom. The van der Waals surface area contributed by atoms with Gasteiger partial charge < -0.3 is 15.0 Å². The first-order valence-electron chi connectivity index (χ1n) is 10.6. The number of hydrogen-bond donors (Lipinski definition) is 1. The van der Waals surface area contributed by atoms with Gasteiger partial charge in [-0.3, -0.25) is 14.6 Å². The van der Waals surface area contributed by atoms with Crippen molar-refractivity contribution in [1.29, 1.82) is 0 Å². The molecule has 4 rings (SSSR count). The van der Waals surface area contributed by atoms with Crippen LogP contribution < -0.4 is 5.32 Å². The molecule has 0 unspecified atom stereocenters. The van der Waals surface area contributed by atoms with Gasteiger partial charge in [-0.25, -0.2) is 0 Å². The molecule has 1 N–H and O–H groups in total. The molecule has 3 aromatic rings. The van der Waals surface area contributed by atoms with E-state index in [1.54, 1.807) is 7.11 Å².